The number of amides is 2. The SMILES string of the molecule is O=C(/C=C/c1ccc(-c2ccccc2)s1)N1CCN(C(=O)C2CCC2)CC1. The molecular weight excluding hydrogens is 356 g/mol. The Hall–Kier alpha value is -2.40. The Kier molecular flexibility index (Phi) is 5.39. The van der Waals surface area contributed by atoms with E-state index in [4.69, 9.17) is 0 Å². The number of benzene rings is 1. The molecule has 0 spiro atoms. The first kappa shape index (κ1) is 18.0. The van der Waals surface area contributed by atoms with E-state index >= 15 is 0 Å². The average Bonchev–Trinajstić information content (AvgIpc) is 3.14. The van der Waals surface area contributed by atoms with Crippen LogP contribution in [0.2, 0.25) is 0 Å². The van der Waals surface area contributed by atoms with Crippen molar-refractivity contribution in [3.05, 3.63) is 53.4 Å². The Bertz CT molecular complexity index is 831. The quantitative estimate of drug-likeness (QED) is 0.755. The molecule has 1 aromatic carbocycles. The standard InChI is InChI=1S/C22H24N2O2S/c25-21(23-13-15-24(16-14-23)22(26)18-7-4-8-18)12-10-19-9-11-20(27-19)17-5-2-1-3-6-17/h1-3,5-6,9-12,18H,4,7-8,13-16H2/b12-10+. The van der Waals surface area contributed by atoms with Crippen LogP contribution in [-0.4, -0.2) is 47.8 Å². The lowest BCUT2D eigenvalue weighted by Gasteiger charge is -2.37. The summed E-state index contributed by atoms with van der Waals surface area (Å²) in [5.74, 6) is 0.557. The maximum absolute atomic E-state index is 12.5. The highest BCUT2D eigenvalue weighted by molar-refractivity contribution is 7.16. The minimum atomic E-state index is 0.0282. The molecule has 1 aliphatic heterocycles. The van der Waals surface area contributed by atoms with Crippen LogP contribution < -0.4 is 0 Å². The van der Waals surface area contributed by atoms with Crippen LogP contribution in [-0.2, 0) is 9.59 Å². The fraction of sp³-hybridized carbons (Fsp3) is 0.364. The fourth-order valence-corrected chi connectivity index (χ4v) is 4.44. The molecule has 2 heterocycles. The number of piperazine rings is 1. The molecule has 0 bridgehead atoms. The number of hydrogen-bond acceptors (Lipinski definition) is 3. The summed E-state index contributed by atoms with van der Waals surface area (Å²) in [6.07, 6.45) is 6.79. The van der Waals surface area contributed by atoms with Crippen LogP contribution in [0.15, 0.2) is 48.5 Å². The largest absolute Gasteiger partial charge is 0.339 e. The molecule has 4 nitrogen and oxygen atoms in total. The van der Waals surface area contributed by atoms with Crippen LogP contribution in [0, 0.1) is 5.92 Å². The molecule has 5 heteroatoms. The average molecular weight is 381 g/mol. The zero-order valence-corrected chi connectivity index (χ0v) is 16.2. The minimum Gasteiger partial charge on any atom is -0.339 e. The van der Waals surface area contributed by atoms with Gasteiger partial charge in [-0.3, -0.25) is 9.59 Å². The number of rotatable bonds is 4. The zero-order valence-electron chi connectivity index (χ0n) is 15.3. The maximum atomic E-state index is 12.5. The zero-order chi connectivity index (χ0) is 18.6. The first-order valence-electron chi connectivity index (χ1n) is 9.62. The summed E-state index contributed by atoms with van der Waals surface area (Å²) in [6.45, 7) is 2.57. The molecule has 4 rings (SSSR count). The van der Waals surface area contributed by atoms with Crippen molar-refractivity contribution in [2.45, 2.75) is 19.3 Å². The third-order valence-corrected chi connectivity index (χ3v) is 6.53. The van der Waals surface area contributed by atoms with E-state index in [1.54, 1.807) is 17.4 Å². The second-order valence-corrected chi connectivity index (χ2v) is 8.30. The third-order valence-electron chi connectivity index (χ3n) is 5.43. The first-order chi connectivity index (χ1) is 13.2. The number of carbonyl (C=O) groups excluding carboxylic acids is 2. The van der Waals surface area contributed by atoms with Crippen molar-refractivity contribution in [1.82, 2.24) is 9.80 Å². The van der Waals surface area contributed by atoms with E-state index in [1.165, 1.54) is 16.9 Å². The van der Waals surface area contributed by atoms with E-state index in [1.807, 2.05) is 40.1 Å². The first-order valence-corrected chi connectivity index (χ1v) is 10.4. The number of carbonyl (C=O) groups is 2. The predicted octanol–water partition coefficient (Wildman–Crippen LogP) is 3.90. The molecule has 1 aromatic heterocycles. The highest BCUT2D eigenvalue weighted by Crippen LogP contribution is 2.29. The molecule has 27 heavy (non-hydrogen) atoms. The summed E-state index contributed by atoms with van der Waals surface area (Å²) >= 11 is 1.68. The third kappa shape index (κ3) is 4.14. The lowest BCUT2D eigenvalue weighted by molar-refractivity contribution is -0.142. The Morgan fingerprint density at radius 2 is 1.63 bits per heavy atom. The highest BCUT2D eigenvalue weighted by atomic mass is 32.1. The fourth-order valence-electron chi connectivity index (χ4n) is 3.52. The van der Waals surface area contributed by atoms with Gasteiger partial charge in [-0.15, -0.1) is 11.3 Å². The summed E-state index contributed by atoms with van der Waals surface area (Å²) < 4.78 is 0. The molecule has 0 radical (unpaired) electrons. The van der Waals surface area contributed by atoms with E-state index < -0.39 is 0 Å². The van der Waals surface area contributed by atoms with Gasteiger partial charge in [0, 0.05) is 47.9 Å². The molecule has 140 valence electrons. The van der Waals surface area contributed by atoms with Gasteiger partial charge in [-0.05, 0) is 36.6 Å². The predicted molar refractivity (Wildman–Crippen MR) is 109 cm³/mol. The molecular formula is C22H24N2O2S. The molecule has 0 atom stereocenters. The monoisotopic (exact) mass is 380 g/mol. The molecule has 1 aliphatic carbocycles. The van der Waals surface area contributed by atoms with Gasteiger partial charge in [0.2, 0.25) is 11.8 Å². The molecule has 2 aliphatic rings. The summed E-state index contributed by atoms with van der Waals surface area (Å²) in [5, 5.41) is 0. The van der Waals surface area contributed by atoms with Crippen molar-refractivity contribution in [1.29, 1.82) is 0 Å². The maximum Gasteiger partial charge on any atom is 0.246 e. The van der Waals surface area contributed by atoms with Crippen molar-refractivity contribution in [2.24, 2.45) is 5.92 Å². The lowest BCUT2D eigenvalue weighted by Crippen LogP contribution is -2.52. The van der Waals surface area contributed by atoms with Gasteiger partial charge in [0.05, 0.1) is 0 Å². The highest BCUT2D eigenvalue weighted by Gasteiger charge is 2.31. The smallest absolute Gasteiger partial charge is 0.246 e. The van der Waals surface area contributed by atoms with Gasteiger partial charge in [-0.1, -0.05) is 36.8 Å². The van der Waals surface area contributed by atoms with Gasteiger partial charge < -0.3 is 9.80 Å². The summed E-state index contributed by atoms with van der Waals surface area (Å²) in [6, 6.07) is 14.4. The topological polar surface area (TPSA) is 40.6 Å². The van der Waals surface area contributed by atoms with Gasteiger partial charge in [0.25, 0.3) is 0 Å². The minimum absolute atomic E-state index is 0.0282. The van der Waals surface area contributed by atoms with Gasteiger partial charge in [-0.25, -0.2) is 0 Å². The summed E-state index contributed by atoms with van der Waals surface area (Å²) in [4.78, 5) is 30.8. The van der Waals surface area contributed by atoms with Crippen molar-refractivity contribution >= 4 is 29.2 Å². The van der Waals surface area contributed by atoms with E-state index in [-0.39, 0.29) is 17.7 Å². The molecule has 0 unspecified atom stereocenters. The van der Waals surface area contributed by atoms with E-state index in [0.29, 0.717) is 26.2 Å². The van der Waals surface area contributed by atoms with Crippen LogP contribution in [0.25, 0.3) is 16.5 Å². The van der Waals surface area contributed by atoms with Crippen LogP contribution >= 0.6 is 11.3 Å². The van der Waals surface area contributed by atoms with Crippen molar-refractivity contribution < 1.29 is 9.59 Å². The molecule has 1 saturated carbocycles. The van der Waals surface area contributed by atoms with Crippen LogP contribution in [0.4, 0.5) is 0 Å². The van der Waals surface area contributed by atoms with Crippen LogP contribution in [0.3, 0.4) is 0 Å². The van der Waals surface area contributed by atoms with Crippen molar-refractivity contribution in [2.75, 3.05) is 26.2 Å². The van der Waals surface area contributed by atoms with Gasteiger partial charge in [-0.2, -0.15) is 0 Å². The Morgan fingerprint density at radius 3 is 2.30 bits per heavy atom. The lowest BCUT2D eigenvalue weighted by atomic mass is 9.84. The second kappa shape index (κ2) is 8.09. The Balaban J connectivity index is 1.30. The second-order valence-electron chi connectivity index (χ2n) is 7.18. The Labute approximate surface area is 164 Å². The number of hydrogen-bond donors (Lipinski definition) is 0. The number of thiophene rings is 1. The van der Waals surface area contributed by atoms with Crippen molar-refractivity contribution in [3.63, 3.8) is 0 Å². The summed E-state index contributed by atoms with van der Waals surface area (Å²) in [5.41, 5.74) is 1.20. The normalized spacial score (nSPS) is 17.9. The summed E-state index contributed by atoms with van der Waals surface area (Å²) in [7, 11) is 0. The molecule has 2 aromatic rings. The van der Waals surface area contributed by atoms with E-state index in [9.17, 15) is 9.59 Å². The van der Waals surface area contributed by atoms with Crippen LogP contribution in [0.5, 0.6) is 0 Å². The van der Waals surface area contributed by atoms with Gasteiger partial charge in [0.15, 0.2) is 0 Å². The van der Waals surface area contributed by atoms with Gasteiger partial charge in [0.1, 0.15) is 0 Å². The van der Waals surface area contributed by atoms with Crippen molar-refractivity contribution in [3.8, 4) is 10.4 Å². The molecule has 2 amide bonds. The van der Waals surface area contributed by atoms with Gasteiger partial charge >= 0.3 is 0 Å². The van der Waals surface area contributed by atoms with Crippen LogP contribution in [0.1, 0.15) is 24.1 Å². The molecule has 0 N–H and O–H groups in total. The van der Waals surface area contributed by atoms with E-state index in [0.717, 1.165) is 17.7 Å². The number of nitrogens with zero attached hydrogens (tertiary/aromatic N) is 2. The Morgan fingerprint density at radius 1 is 0.926 bits per heavy atom. The molecule has 1 saturated heterocycles. The van der Waals surface area contributed by atoms with E-state index in [2.05, 4.69) is 18.2 Å². The molecule has 2 fully saturated rings.